The lowest BCUT2D eigenvalue weighted by atomic mass is 9.92. The van der Waals surface area contributed by atoms with Crippen molar-refractivity contribution in [3.8, 4) is 0 Å². The highest BCUT2D eigenvalue weighted by atomic mass is 15.2. The van der Waals surface area contributed by atoms with Crippen molar-refractivity contribution in [3.05, 3.63) is 0 Å². The van der Waals surface area contributed by atoms with Gasteiger partial charge in [-0.15, -0.1) is 0 Å². The van der Waals surface area contributed by atoms with Crippen LogP contribution in [0.15, 0.2) is 0 Å². The van der Waals surface area contributed by atoms with Crippen molar-refractivity contribution in [1.82, 2.24) is 10.2 Å². The molecule has 2 rings (SSSR count). The number of nitrogens with zero attached hydrogens (tertiary/aromatic N) is 1. The van der Waals surface area contributed by atoms with E-state index in [1.54, 1.807) is 0 Å². The first-order valence-corrected chi connectivity index (χ1v) is 8.28. The molecule has 0 aromatic rings. The molecule has 0 spiro atoms. The lowest BCUT2D eigenvalue weighted by molar-refractivity contribution is 0.0975. The van der Waals surface area contributed by atoms with Crippen LogP contribution in [0.5, 0.6) is 0 Å². The second-order valence-electron chi connectivity index (χ2n) is 6.47. The summed E-state index contributed by atoms with van der Waals surface area (Å²) in [5.74, 6) is 0.914. The van der Waals surface area contributed by atoms with Crippen molar-refractivity contribution in [2.75, 3.05) is 19.6 Å². The molecule has 0 radical (unpaired) electrons. The fourth-order valence-electron chi connectivity index (χ4n) is 3.84. The summed E-state index contributed by atoms with van der Waals surface area (Å²) in [6, 6.07) is 1.63. The Bertz CT molecular complexity index is 229. The van der Waals surface area contributed by atoms with Gasteiger partial charge in [0.25, 0.3) is 0 Å². The van der Waals surface area contributed by atoms with Gasteiger partial charge in [0.05, 0.1) is 0 Å². The van der Waals surface area contributed by atoms with Gasteiger partial charge in [0.1, 0.15) is 0 Å². The number of nitrogens with one attached hydrogen (secondary N) is 1. The van der Waals surface area contributed by atoms with E-state index >= 15 is 0 Å². The maximum Gasteiger partial charge on any atom is 0.0195 e. The van der Waals surface area contributed by atoms with Crippen LogP contribution in [0, 0.1) is 5.92 Å². The van der Waals surface area contributed by atoms with E-state index in [9.17, 15) is 0 Å². The summed E-state index contributed by atoms with van der Waals surface area (Å²) in [7, 11) is 0. The molecule has 2 nitrogen and oxygen atoms in total. The van der Waals surface area contributed by atoms with E-state index in [4.69, 9.17) is 0 Å². The minimum atomic E-state index is 0.758. The van der Waals surface area contributed by atoms with Crippen molar-refractivity contribution in [3.63, 3.8) is 0 Å². The zero-order valence-corrected chi connectivity index (χ0v) is 12.5. The van der Waals surface area contributed by atoms with Crippen LogP contribution in [0.4, 0.5) is 0 Å². The number of hydrogen-bond donors (Lipinski definition) is 1. The van der Waals surface area contributed by atoms with Gasteiger partial charge >= 0.3 is 0 Å². The number of rotatable bonds is 4. The predicted octanol–water partition coefficient (Wildman–Crippen LogP) is 3.42. The smallest absolute Gasteiger partial charge is 0.0195 e. The lowest BCUT2D eigenvalue weighted by Crippen LogP contribution is -2.51. The van der Waals surface area contributed by atoms with E-state index in [2.05, 4.69) is 24.1 Å². The number of likely N-dealkylation sites (tertiary alicyclic amines) is 1. The molecule has 1 heterocycles. The molecule has 2 heteroatoms. The molecule has 1 aliphatic carbocycles. The Hall–Kier alpha value is -0.0800. The van der Waals surface area contributed by atoms with Crippen LogP contribution in [0.3, 0.4) is 0 Å². The second kappa shape index (κ2) is 7.49. The normalized spacial score (nSPS) is 35.3. The van der Waals surface area contributed by atoms with Crippen molar-refractivity contribution in [2.45, 2.75) is 77.3 Å². The summed E-state index contributed by atoms with van der Waals surface area (Å²) < 4.78 is 0. The molecule has 0 aromatic heterocycles. The molecule has 0 bridgehead atoms. The molecule has 2 fully saturated rings. The standard InChI is InChI=1S/C16H32N2/c1-3-11-17-15-9-7-12-18(13-15)16-10-6-4-5-8-14(16)2/h14-17H,3-13H2,1-2H3. The highest BCUT2D eigenvalue weighted by Gasteiger charge is 2.29. The van der Waals surface area contributed by atoms with Crippen molar-refractivity contribution in [1.29, 1.82) is 0 Å². The average molecular weight is 252 g/mol. The second-order valence-corrected chi connectivity index (χ2v) is 6.47. The van der Waals surface area contributed by atoms with Crippen LogP contribution >= 0.6 is 0 Å². The molecule has 18 heavy (non-hydrogen) atoms. The van der Waals surface area contributed by atoms with Crippen LogP contribution in [0.1, 0.15) is 65.2 Å². The van der Waals surface area contributed by atoms with Crippen molar-refractivity contribution in [2.24, 2.45) is 5.92 Å². The van der Waals surface area contributed by atoms with Gasteiger partial charge in [-0.2, -0.15) is 0 Å². The first-order chi connectivity index (χ1) is 8.81. The molecule has 2 aliphatic rings. The maximum atomic E-state index is 3.73. The largest absolute Gasteiger partial charge is 0.313 e. The van der Waals surface area contributed by atoms with Crippen LogP contribution in [0.2, 0.25) is 0 Å². The molecule has 3 atom stereocenters. The van der Waals surface area contributed by atoms with Crippen molar-refractivity contribution >= 4 is 0 Å². The summed E-state index contributed by atoms with van der Waals surface area (Å²) in [6.45, 7) is 8.59. The van der Waals surface area contributed by atoms with E-state index in [1.165, 1.54) is 71.0 Å². The van der Waals surface area contributed by atoms with Gasteiger partial charge in [0.2, 0.25) is 0 Å². The quantitative estimate of drug-likeness (QED) is 0.771. The Morgan fingerprint density at radius 2 is 1.89 bits per heavy atom. The van der Waals surface area contributed by atoms with Gasteiger partial charge in [-0.05, 0) is 51.1 Å². The zero-order chi connectivity index (χ0) is 12.8. The first kappa shape index (κ1) is 14.3. The van der Waals surface area contributed by atoms with Gasteiger partial charge in [-0.1, -0.05) is 33.1 Å². The molecule has 1 N–H and O–H groups in total. The summed E-state index contributed by atoms with van der Waals surface area (Å²) in [4.78, 5) is 2.81. The van der Waals surface area contributed by atoms with Crippen LogP contribution in [-0.2, 0) is 0 Å². The molecule has 3 unspecified atom stereocenters. The molecule has 0 amide bonds. The molecular formula is C16H32N2. The minimum Gasteiger partial charge on any atom is -0.313 e. The lowest BCUT2D eigenvalue weighted by Gasteiger charge is -2.40. The van der Waals surface area contributed by atoms with Gasteiger partial charge in [-0.3, -0.25) is 4.90 Å². The Morgan fingerprint density at radius 1 is 1.06 bits per heavy atom. The Kier molecular flexibility index (Phi) is 5.97. The van der Waals surface area contributed by atoms with Gasteiger partial charge in [0.15, 0.2) is 0 Å². The Balaban J connectivity index is 1.86. The van der Waals surface area contributed by atoms with E-state index < -0.39 is 0 Å². The third-order valence-electron chi connectivity index (χ3n) is 4.92. The SMILES string of the molecule is CCCNC1CCCN(C2CCCCCC2C)C1. The minimum absolute atomic E-state index is 0.758. The monoisotopic (exact) mass is 252 g/mol. The predicted molar refractivity (Wildman–Crippen MR) is 78.9 cm³/mol. The van der Waals surface area contributed by atoms with Crippen LogP contribution in [0.25, 0.3) is 0 Å². The first-order valence-electron chi connectivity index (χ1n) is 8.28. The summed E-state index contributed by atoms with van der Waals surface area (Å²) in [5, 5.41) is 3.73. The molecule has 0 aromatic carbocycles. The average Bonchev–Trinajstić information content (AvgIpc) is 2.61. The summed E-state index contributed by atoms with van der Waals surface area (Å²) in [6.07, 6.45) is 11.3. The third kappa shape index (κ3) is 3.96. The van der Waals surface area contributed by atoms with E-state index in [0.29, 0.717) is 0 Å². The van der Waals surface area contributed by atoms with Gasteiger partial charge < -0.3 is 5.32 Å². The number of piperidine rings is 1. The maximum absolute atomic E-state index is 3.73. The van der Waals surface area contributed by atoms with Crippen LogP contribution in [-0.4, -0.2) is 36.6 Å². The molecule has 106 valence electrons. The van der Waals surface area contributed by atoms with Gasteiger partial charge in [-0.25, -0.2) is 0 Å². The third-order valence-corrected chi connectivity index (χ3v) is 4.92. The topological polar surface area (TPSA) is 15.3 Å². The highest BCUT2D eigenvalue weighted by molar-refractivity contribution is 4.86. The fourth-order valence-corrected chi connectivity index (χ4v) is 3.84. The zero-order valence-electron chi connectivity index (χ0n) is 12.5. The van der Waals surface area contributed by atoms with E-state index in [-0.39, 0.29) is 0 Å². The molecular weight excluding hydrogens is 220 g/mol. The van der Waals surface area contributed by atoms with Crippen LogP contribution < -0.4 is 5.32 Å². The van der Waals surface area contributed by atoms with E-state index in [1.807, 2.05) is 0 Å². The fraction of sp³-hybridized carbons (Fsp3) is 1.00. The highest BCUT2D eigenvalue weighted by Crippen LogP contribution is 2.29. The van der Waals surface area contributed by atoms with E-state index in [0.717, 1.165) is 18.0 Å². The number of hydrogen-bond acceptors (Lipinski definition) is 2. The molecule has 1 saturated carbocycles. The Labute approximate surface area is 114 Å². The summed E-state index contributed by atoms with van der Waals surface area (Å²) in [5.41, 5.74) is 0. The van der Waals surface area contributed by atoms with Gasteiger partial charge in [0, 0.05) is 18.6 Å². The molecule has 1 aliphatic heterocycles. The summed E-state index contributed by atoms with van der Waals surface area (Å²) >= 11 is 0. The molecule has 1 saturated heterocycles. The Morgan fingerprint density at radius 3 is 2.72 bits per heavy atom. The van der Waals surface area contributed by atoms with Crippen molar-refractivity contribution < 1.29 is 0 Å².